The second-order valence-electron chi connectivity index (χ2n) is 6.43. The van der Waals surface area contributed by atoms with Crippen molar-refractivity contribution in [2.75, 3.05) is 18.5 Å². The Hall–Kier alpha value is -3.18. The van der Waals surface area contributed by atoms with Crippen LogP contribution in [0.2, 0.25) is 5.02 Å². The minimum atomic E-state index is -0.330. The molecule has 0 heterocycles. The van der Waals surface area contributed by atoms with Gasteiger partial charge in [-0.05, 0) is 49.7 Å². The zero-order valence-corrected chi connectivity index (χ0v) is 17.7. The monoisotopic (exact) mass is 425 g/mol. The van der Waals surface area contributed by atoms with Crippen molar-refractivity contribution in [1.82, 2.24) is 0 Å². The molecule has 156 valence electrons. The number of amides is 1. The van der Waals surface area contributed by atoms with E-state index < -0.39 is 0 Å². The molecule has 0 aromatic heterocycles. The first-order chi connectivity index (χ1) is 14.6. The van der Waals surface area contributed by atoms with Crippen molar-refractivity contribution < 1.29 is 19.0 Å². The first-order valence-electron chi connectivity index (χ1n) is 9.84. The highest BCUT2D eigenvalue weighted by molar-refractivity contribution is 6.32. The number of hydrogen-bond donors (Lipinski definition) is 1. The van der Waals surface area contributed by atoms with Crippen LogP contribution < -0.4 is 19.5 Å². The van der Waals surface area contributed by atoms with Crippen LogP contribution >= 0.6 is 11.6 Å². The van der Waals surface area contributed by atoms with Gasteiger partial charge >= 0.3 is 0 Å². The third-order valence-electron chi connectivity index (χ3n) is 4.13. The largest absolute Gasteiger partial charge is 0.490 e. The maximum absolute atomic E-state index is 12.9. The van der Waals surface area contributed by atoms with E-state index in [2.05, 4.69) is 5.32 Å². The van der Waals surface area contributed by atoms with Crippen LogP contribution in [-0.4, -0.2) is 19.1 Å². The van der Waals surface area contributed by atoms with Crippen molar-refractivity contribution in [3.63, 3.8) is 0 Å². The average molecular weight is 426 g/mol. The molecule has 0 unspecified atom stereocenters. The van der Waals surface area contributed by atoms with E-state index in [1.807, 2.05) is 56.3 Å². The Morgan fingerprint density at radius 3 is 2.40 bits per heavy atom. The Morgan fingerprint density at radius 1 is 0.933 bits per heavy atom. The Bertz CT molecular complexity index is 992. The van der Waals surface area contributed by atoms with E-state index in [4.69, 9.17) is 25.8 Å². The summed E-state index contributed by atoms with van der Waals surface area (Å²) in [5, 5.41) is 3.21. The first kappa shape index (κ1) is 21.5. The Morgan fingerprint density at radius 2 is 1.67 bits per heavy atom. The highest BCUT2D eigenvalue weighted by atomic mass is 35.5. The van der Waals surface area contributed by atoms with E-state index >= 15 is 0 Å². The van der Waals surface area contributed by atoms with Crippen molar-refractivity contribution in [3.8, 4) is 23.0 Å². The van der Waals surface area contributed by atoms with Crippen LogP contribution in [-0.2, 0) is 0 Å². The predicted molar refractivity (Wildman–Crippen MR) is 119 cm³/mol. The van der Waals surface area contributed by atoms with Crippen molar-refractivity contribution in [1.29, 1.82) is 0 Å². The van der Waals surface area contributed by atoms with Gasteiger partial charge in [0.1, 0.15) is 5.75 Å². The van der Waals surface area contributed by atoms with E-state index in [1.54, 1.807) is 24.3 Å². The van der Waals surface area contributed by atoms with Gasteiger partial charge in [-0.2, -0.15) is 0 Å². The highest BCUT2D eigenvalue weighted by Gasteiger charge is 2.17. The van der Waals surface area contributed by atoms with Gasteiger partial charge in [-0.15, -0.1) is 0 Å². The summed E-state index contributed by atoms with van der Waals surface area (Å²) in [6.45, 7) is 4.81. The molecule has 5 nitrogen and oxygen atoms in total. The molecule has 0 spiro atoms. The van der Waals surface area contributed by atoms with E-state index in [0.717, 1.165) is 6.42 Å². The van der Waals surface area contributed by atoms with E-state index in [9.17, 15) is 4.79 Å². The molecule has 0 atom stereocenters. The van der Waals surface area contributed by atoms with Crippen molar-refractivity contribution in [2.24, 2.45) is 0 Å². The Labute approximate surface area is 181 Å². The summed E-state index contributed by atoms with van der Waals surface area (Å²) in [4.78, 5) is 12.9. The second kappa shape index (κ2) is 10.6. The molecular formula is C24H24ClNO4. The van der Waals surface area contributed by atoms with Gasteiger partial charge in [-0.1, -0.05) is 48.9 Å². The number of carbonyl (C=O) groups is 1. The number of rotatable bonds is 9. The van der Waals surface area contributed by atoms with Gasteiger partial charge in [0.05, 0.1) is 23.9 Å². The van der Waals surface area contributed by atoms with Gasteiger partial charge in [-0.3, -0.25) is 4.79 Å². The lowest BCUT2D eigenvalue weighted by Gasteiger charge is -2.16. The summed E-state index contributed by atoms with van der Waals surface area (Å²) in [6, 6.07) is 19.8. The van der Waals surface area contributed by atoms with Crippen molar-refractivity contribution in [3.05, 3.63) is 77.3 Å². The molecule has 3 rings (SSSR count). The molecule has 0 aliphatic rings. The fourth-order valence-corrected chi connectivity index (χ4v) is 3.04. The molecule has 30 heavy (non-hydrogen) atoms. The van der Waals surface area contributed by atoms with Crippen LogP contribution in [0.4, 0.5) is 5.69 Å². The fourth-order valence-electron chi connectivity index (χ4n) is 2.78. The predicted octanol–water partition coefficient (Wildman–Crippen LogP) is 6.57. The number of para-hydroxylation sites is 3. The van der Waals surface area contributed by atoms with Crippen molar-refractivity contribution >= 4 is 23.2 Å². The van der Waals surface area contributed by atoms with Gasteiger partial charge < -0.3 is 19.5 Å². The number of hydrogen-bond acceptors (Lipinski definition) is 4. The first-order valence-corrected chi connectivity index (χ1v) is 10.2. The summed E-state index contributed by atoms with van der Waals surface area (Å²) in [5.41, 5.74) is 0.911. The smallest absolute Gasteiger partial charge is 0.255 e. The quantitative estimate of drug-likeness (QED) is 0.421. The molecule has 3 aromatic rings. The molecule has 3 aromatic carbocycles. The summed E-state index contributed by atoms with van der Waals surface area (Å²) in [7, 11) is 0. The molecule has 0 radical (unpaired) electrons. The molecular weight excluding hydrogens is 402 g/mol. The highest BCUT2D eigenvalue weighted by Crippen LogP contribution is 2.37. The molecule has 0 saturated heterocycles. The van der Waals surface area contributed by atoms with E-state index in [1.165, 1.54) is 0 Å². The lowest BCUT2D eigenvalue weighted by atomic mass is 10.1. The van der Waals surface area contributed by atoms with Gasteiger partial charge in [0.15, 0.2) is 17.2 Å². The molecule has 1 amide bonds. The summed E-state index contributed by atoms with van der Waals surface area (Å²) in [5.74, 6) is 1.78. The standard InChI is InChI=1S/C24H24ClNO4/c1-3-14-29-23-19(25)15-17(16-22(23)28-4-2)24(27)26-20-12-8-9-13-21(20)30-18-10-6-5-7-11-18/h5-13,15-16H,3-4,14H2,1-2H3,(H,26,27). The molecule has 0 fully saturated rings. The lowest BCUT2D eigenvalue weighted by Crippen LogP contribution is -2.13. The van der Waals surface area contributed by atoms with Gasteiger partial charge in [0, 0.05) is 5.56 Å². The Balaban J connectivity index is 1.84. The normalized spacial score (nSPS) is 10.4. The molecule has 0 aliphatic heterocycles. The van der Waals surface area contributed by atoms with E-state index in [0.29, 0.717) is 52.5 Å². The maximum atomic E-state index is 12.9. The zero-order chi connectivity index (χ0) is 21.3. The van der Waals surface area contributed by atoms with Gasteiger partial charge in [0.2, 0.25) is 0 Å². The van der Waals surface area contributed by atoms with Crippen LogP contribution in [0.15, 0.2) is 66.7 Å². The Kier molecular flexibility index (Phi) is 7.57. The number of anilines is 1. The lowest BCUT2D eigenvalue weighted by molar-refractivity contribution is 0.102. The third kappa shape index (κ3) is 5.45. The van der Waals surface area contributed by atoms with Crippen LogP contribution in [0, 0.1) is 0 Å². The van der Waals surface area contributed by atoms with Crippen LogP contribution in [0.25, 0.3) is 0 Å². The summed E-state index contributed by atoms with van der Waals surface area (Å²) >= 11 is 6.38. The number of halogens is 1. The number of benzene rings is 3. The minimum Gasteiger partial charge on any atom is -0.490 e. The fraction of sp³-hybridized carbons (Fsp3) is 0.208. The summed E-state index contributed by atoms with van der Waals surface area (Å²) in [6.07, 6.45) is 0.836. The summed E-state index contributed by atoms with van der Waals surface area (Å²) < 4.78 is 17.3. The molecule has 0 saturated carbocycles. The van der Waals surface area contributed by atoms with E-state index in [-0.39, 0.29) is 5.91 Å². The average Bonchev–Trinajstić information content (AvgIpc) is 2.75. The number of ether oxygens (including phenoxy) is 3. The number of nitrogens with one attached hydrogen (secondary N) is 1. The third-order valence-corrected chi connectivity index (χ3v) is 4.41. The van der Waals surface area contributed by atoms with Crippen LogP contribution in [0.5, 0.6) is 23.0 Å². The van der Waals surface area contributed by atoms with Gasteiger partial charge in [0.25, 0.3) is 5.91 Å². The topological polar surface area (TPSA) is 56.8 Å². The van der Waals surface area contributed by atoms with Crippen LogP contribution in [0.1, 0.15) is 30.6 Å². The van der Waals surface area contributed by atoms with Crippen LogP contribution in [0.3, 0.4) is 0 Å². The second-order valence-corrected chi connectivity index (χ2v) is 6.84. The maximum Gasteiger partial charge on any atom is 0.255 e. The zero-order valence-electron chi connectivity index (χ0n) is 17.0. The van der Waals surface area contributed by atoms with Gasteiger partial charge in [-0.25, -0.2) is 0 Å². The number of carbonyl (C=O) groups excluding carboxylic acids is 1. The molecule has 1 N–H and O–H groups in total. The SMILES string of the molecule is CCCOc1c(Cl)cc(C(=O)Nc2ccccc2Oc2ccccc2)cc1OCC. The molecule has 0 bridgehead atoms. The van der Waals surface area contributed by atoms with Crippen molar-refractivity contribution in [2.45, 2.75) is 20.3 Å². The minimum absolute atomic E-state index is 0.327. The molecule has 6 heteroatoms. The molecule has 0 aliphatic carbocycles.